The van der Waals surface area contributed by atoms with Gasteiger partial charge in [-0.25, -0.2) is 0 Å². The zero-order valence-corrected chi connectivity index (χ0v) is 20.4. The summed E-state index contributed by atoms with van der Waals surface area (Å²) in [5.41, 5.74) is 15.8. The highest BCUT2D eigenvalue weighted by molar-refractivity contribution is 5.98. The number of aliphatic hydroxyl groups is 1. The molecule has 0 saturated carbocycles. The van der Waals surface area contributed by atoms with Crippen molar-refractivity contribution >= 4 is 22.3 Å². The van der Waals surface area contributed by atoms with E-state index in [2.05, 4.69) is 67.2 Å². The molecular formula is C30H31N3O. The summed E-state index contributed by atoms with van der Waals surface area (Å²) in [5, 5.41) is 16.0. The lowest BCUT2D eigenvalue weighted by molar-refractivity contribution is 0.0868. The first-order valence-electron chi connectivity index (χ1n) is 11.8. The van der Waals surface area contributed by atoms with Crippen LogP contribution in [0.4, 0.5) is 11.4 Å². The van der Waals surface area contributed by atoms with E-state index in [0.29, 0.717) is 5.69 Å². The van der Waals surface area contributed by atoms with Crippen molar-refractivity contribution in [2.75, 3.05) is 11.1 Å². The van der Waals surface area contributed by atoms with Gasteiger partial charge in [-0.1, -0.05) is 43.0 Å². The van der Waals surface area contributed by atoms with Gasteiger partial charge in [-0.15, -0.1) is 0 Å². The fraction of sp³-hybridized carbons (Fsp3) is 0.267. The minimum atomic E-state index is -0.550. The van der Waals surface area contributed by atoms with Crippen molar-refractivity contribution in [3.63, 3.8) is 0 Å². The number of rotatable bonds is 1. The van der Waals surface area contributed by atoms with Gasteiger partial charge in [0.05, 0.1) is 17.2 Å². The number of fused-ring (bicyclic) bond motifs is 2. The summed E-state index contributed by atoms with van der Waals surface area (Å²) in [6, 6.07) is 16.3. The third kappa shape index (κ3) is 3.54. The van der Waals surface area contributed by atoms with Gasteiger partial charge in [-0.3, -0.25) is 0 Å². The summed E-state index contributed by atoms with van der Waals surface area (Å²) in [4.78, 5) is 3.47. The third-order valence-electron chi connectivity index (χ3n) is 7.11. The number of aryl methyl sites for hydroxylation is 2. The van der Waals surface area contributed by atoms with Gasteiger partial charge < -0.3 is 21.1 Å². The number of nitrogens with two attached hydrogens (primary N) is 1. The van der Waals surface area contributed by atoms with Gasteiger partial charge in [0.2, 0.25) is 0 Å². The second-order valence-corrected chi connectivity index (χ2v) is 10.1. The number of aromatic amines is 1. The van der Waals surface area contributed by atoms with Gasteiger partial charge in [0.15, 0.2) is 0 Å². The van der Waals surface area contributed by atoms with Crippen LogP contribution in [0.15, 0.2) is 54.7 Å². The van der Waals surface area contributed by atoms with Crippen molar-refractivity contribution in [1.82, 2.24) is 4.98 Å². The van der Waals surface area contributed by atoms with Crippen molar-refractivity contribution in [2.45, 2.75) is 52.2 Å². The molecule has 34 heavy (non-hydrogen) atoms. The molecule has 1 aliphatic heterocycles. The molecular weight excluding hydrogens is 418 g/mol. The number of aliphatic hydroxyl groups excluding tert-OH is 1. The van der Waals surface area contributed by atoms with E-state index in [0.717, 1.165) is 44.6 Å². The van der Waals surface area contributed by atoms with E-state index in [9.17, 15) is 5.11 Å². The average Bonchev–Trinajstić information content (AvgIpc) is 3.18. The van der Waals surface area contributed by atoms with E-state index in [4.69, 9.17) is 5.73 Å². The quantitative estimate of drug-likeness (QED) is 0.209. The van der Waals surface area contributed by atoms with Gasteiger partial charge in [0, 0.05) is 51.1 Å². The van der Waals surface area contributed by atoms with Gasteiger partial charge in [0.1, 0.15) is 0 Å². The van der Waals surface area contributed by atoms with Gasteiger partial charge >= 0.3 is 0 Å². The lowest BCUT2D eigenvalue weighted by Crippen LogP contribution is -2.50. The first kappa shape index (κ1) is 22.1. The average molecular weight is 450 g/mol. The molecule has 4 heteroatoms. The first-order chi connectivity index (χ1) is 16.2. The van der Waals surface area contributed by atoms with E-state index in [1.807, 2.05) is 44.3 Å². The molecule has 4 nitrogen and oxygen atoms in total. The van der Waals surface area contributed by atoms with Crippen LogP contribution in [0.5, 0.6) is 0 Å². The minimum absolute atomic E-state index is 0.0837. The molecule has 5 N–H and O–H groups in total. The molecule has 0 saturated heterocycles. The number of H-pyrrole nitrogens is 1. The molecule has 0 bridgehead atoms. The Morgan fingerprint density at radius 3 is 2.50 bits per heavy atom. The van der Waals surface area contributed by atoms with Crippen molar-refractivity contribution in [3.05, 3.63) is 82.5 Å². The Hall–Kier alpha value is -3.68. The second-order valence-electron chi connectivity index (χ2n) is 10.1. The van der Waals surface area contributed by atoms with Crippen molar-refractivity contribution in [1.29, 1.82) is 0 Å². The molecule has 2 heterocycles. The zero-order valence-electron chi connectivity index (χ0n) is 20.4. The zero-order chi connectivity index (χ0) is 24.2. The number of nitrogen functional groups attached to an aromatic ring is 1. The minimum Gasteiger partial charge on any atom is -0.399 e. The number of para-hydroxylation sites is 1. The lowest BCUT2D eigenvalue weighted by Gasteiger charge is -2.43. The first-order valence-corrected chi connectivity index (χ1v) is 11.8. The van der Waals surface area contributed by atoms with Crippen molar-refractivity contribution < 1.29 is 5.11 Å². The predicted molar refractivity (Wildman–Crippen MR) is 142 cm³/mol. The van der Waals surface area contributed by atoms with Crippen LogP contribution in [-0.4, -0.2) is 21.7 Å². The molecule has 1 aliphatic rings. The molecule has 0 radical (unpaired) electrons. The van der Waals surface area contributed by atoms with E-state index >= 15 is 0 Å². The molecule has 0 fully saturated rings. The molecule has 1 unspecified atom stereocenters. The van der Waals surface area contributed by atoms with Crippen molar-refractivity contribution in [3.8, 4) is 23.0 Å². The van der Waals surface area contributed by atoms with Crippen LogP contribution in [-0.2, 0) is 0 Å². The van der Waals surface area contributed by atoms with Crippen LogP contribution in [0.25, 0.3) is 22.0 Å². The highest BCUT2D eigenvalue weighted by atomic mass is 16.3. The van der Waals surface area contributed by atoms with E-state index < -0.39 is 11.6 Å². The molecule has 172 valence electrons. The van der Waals surface area contributed by atoms with Crippen molar-refractivity contribution in [2.24, 2.45) is 0 Å². The highest BCUT2D eigenvalue weighted by Gasteiger charge is 2.40. The number of aromatic nitrogens is 1. The number of benzene rings is 3. The Kier molecular flexibility index (Phi) is 5.19. The van der Waals surface area contributed by atoms with Crippen LogP contribution in [0.3, 0.4) is 0 Å². The van der Waals surface area contributed by atoms with Crippen LogP contribution < -0.4 is 11.1 Å². The van der Waals surface area contributed by atoms with Gasteiger partial charge in [0.25, 0.3) is 0 Å². The summed E-state index contributed by atoms with van der Waals surface area (Å²) >= 11 is 0. The summed E-state index contributed by atoms with van der Waals surface area (Å²) < 4.78 is 0. The summed E-state index contributed by atoms with van der Waals surface area (Å²) in [6.45, 7) is 10.4. The molecule has 0 spiro atoms. The molecule has 0 aliphatic carbocycles. The lowest BCUT2D eigenvalue weighted by atomic mass is 9.75. The number of anilines is 2. The van der Waals surface area contributed by atoms with E-state index in [1.165, 1.54) is 10.9 Å². The molecule has 0 amide bonds. The number of nitrogens with one attached hydrogen (secondary N) is 2. The smallest absolute Gasteiger partial charge is 0.0831 e. The molecule has 5 rings (SSSR count). The third-order valence-corrected chi connectivity index (χ3v) is 7.11. The summed E-state index contributed by atoms with van der Waals surface area (Å²) in [5.74, 6) is 6.75. The highest BCUT2D eigenvalue weighted by Crippen LogP contribution is 2.46. The fourth-order valence-corrected chi connectivity index (χ4v) is 5.26. The summed E-state index contributed by atoms with van der Waals surface area (Å²) in [6.07, 6.45) is 1.50. The molecule has 4 aromatic rings. The maximum atomic E-state index is 11.2. The van der Waals surface area contributed by atoms with Crippen LogP contribution in [0, 0.1) is 25.7 Å². The monoisotopic (exact) mass is 449 g/mol. The standard InChI is InChI=1S/C30H31N3O/c1-17-14-25(24-11-7-10-22-18(2)16-32-28(22)24)23(13-12-20-8-6-9-21(31)15-20)26-19(3)29(34)30(4,5)33-27(17)26/h6-11,14-16,19,29,32-34H,31H2,1-5H3/t19-,29?/m0/s1. The molecule has 1 aromatic heterocycles. The molecule has 2 atom stereocenters. The summed E-state index contributed by atoms with van der Waals surface area (Å²) in [7, 11) is 0. The predicted octanol–water partition coefficient (Wildman–Crippen LogP) is 6.10. The van der Waals surface area contributed by atoms with Crippen LogP contribution in [0.1, 0.15) is 54.5 Å². The van der Waals surface area contributed by atoms with Gasteiger partial charge in [-0.05, 0) is 68.7 Å². The van der Waals surface area contributed by atoms with E-state index in [-0.39, 0.29) is 5.92 Å². The van der Waals surface area contributed by atoms with E-state index in [1.54, 1.807) is 0 Å². The largest absolute Gasteiger partial charge is 0.399 e. The Labute approximate surface area is 201 Å². The number of hydrogen-bond acceptors (Lipinski definition) is 3. The SMILES string of the molecule is Cc1cc(-c2cccc3c(C)c[nH]c23)c(C#Cc2cccc(N)c2)c2c1NC(C)(C)C(O)[C@H]2C. The number of hydrogen-bond donors (Lipinski definition) is 4. The Morgan fingerprint density at radius 2 is 1.74 bits per heavy atom. The maximum Gasteiger partial charge on any atom is 0.0831 e. The molecule has 3 aromatic carbocycles. The Morgan fingerprint density at radius 1 is 0.971 bits per heavy atom. The second kappa shape index (κ2) is 7.97. The van der Waals surface area contributed by atoms with Crippen LogP contribution in [0.2, 0.25) is 0 Å². The topological polar surface area (TPSA) is 74.1 Å². The fourth-order valence-electron chi connectivity index (χ4n) is 5.26. The van der Waals surface area contributed by atoms with Crippen LogP contribution >= 0.6 is 0 Å². The Balaban J connectivity index is 1.83. The maximum absolute atomic E-state index is 11.2. The normalized spacial score (nSPS) is 18.6. The Bertz CT molecular complexity index is 1480. The van der Waals surface area contributed by atoms with Gasteiger partial charge in [-0.2, -0.15) is 0 Å².